The number of thioether (sulfide) groups is 1. The monoisotopic (exact) mass is 174 g/mol. The van der Waals surface area contributed by atoms with Crippen molar-refractivity contribution in [1.82, 2.24) is 0 Å². The Morgan fingerprint density at radius 3 is 2.90 bits per heavy atom. The van der Waals surface area contributed by atoms with Gasteiger partial charge in [0, 0.05) is 0 Å². The lowest BCUT2D eigenvalue weighted by Crippen LogP contribution is -1.68. The lowest BCUT2D eigenvalue weighted by molar-refractivity contribution is 0.491. The van der Waals surface area contributed by atoms with Gasteiger partial charge in [0.25, 0.3) is 0 Å². The van der Waals surface area contributed by atoms with Gasteiger partial charge >= 0.3 is 0 Å². The lowest BCUT2D eigenvalue weighted by Gasteiger charge is -1.90. The molecule has 0 aliphatic rings. The largest absolute Gasteiger partial charge is 0.499 e. The fourth-order valence-corrected chi connectivity index (χ4v) is 2.38. The predicted molar refractivity (Wildman–Crippen MR) is 47.0 cm³/mol. The van der Waals surface area contributed by atoms with Crippen molar-refractivity contribution in [1.29, 1.82) is 0 Å². The van der Waals surface area contributed by atoms with Gasteiger partial charge in [0.15, 0.2) is 5.06 Å². The Morgan fingerprint density at radius 2 is 2.40 bits per heavy atom. The van der Waals surface area contributed by atoms with Crippen LogP contribution >= 0.6 is 23.1 Å². The molecule has 0 atom stereocenters. The first-order chi connectivity index (χ1) is 4.83. The van der Waals surface area contributed by atoms with Gasteiger partial charge in [-0.05, 0) is 24.3 Å². The highest BCUT2D eigenvalue weighted by molar-refractivity contribution is 8.01. The van der Waals surface area contributed by atoms with Crippen LogP contribution in [0, 0.1) is 0 Å². The molecule has 0 spiro atoms. The predicted octanol–water partition coefficient (Wildman–Crippen LogP) is 2.96. The summed E-state index contributed by atoms with van der Waals surface area (Å²) in [6.45, 7) is 2.15. The molecule has 0 aliphatic carbocycles. The fourth-order valence-electron chi connectivity index (χ4n) is 0.591. The number of rotatable bonds is 3. The molecular weight excluding hydrogens is 164 g/mol. The molecule has 0 aromatic carbocycles. The average Bonchev–Trinajstić information content (AvgIpc) is 2.31. The SMILES string of the molecule is CCCSc1ccc(O)s1. The first-order valence-electron chi connectivity index (χ1n) is 3.24. The second-order valence-electron chi connectivity index (χ2n) is 1.94. The van der Waals surface area contributed by atoms with Gasteiger partial charge in [-0.2, -0.15) is 0 Å². The van der Waals surface area contributed by atoms with Crippen molar-refractivity contribution in [3.05, 3.63) is 12.1 Å². The van der Waals surface area contributed by atoms with Gasteiger partial charge in [0.1, 0.15) is 0 Å². The topological polar surface area (TPSA) is 20.2 Å². The molecular formula is C7H10OS2. The van der Waals surface area contributed by atoms with Crippen LogP contribution in [-0.2, 0) is 0 Å². The number of hydrogen-bond acceptors (Lipinski definition) is 3. The minimum Gasteiger partial charge on any atom is -0.499 e. The van der Waals surface area contributed by atoms with Crippen LogP contribution < -0.4 is 0 Å². The van der Waals surface area contributed by atoms with Gasteiger partial charge in [0.2, 0.25) is 0 Å². The Balaban J connectivity index is 2.42. The van der Waals surface area contributed by atoms with E-state index in [-0.39, 0.29) is 0 Å². The van der Waals surface area contributed by atoms with Crippen LogP contribution in [-0.4, -0.2) is 10.9 Å². The molecule has 1 rings (SSSR count). The van der Waals surface area contributed by atoms with Gasteiger partial charge in [-0.1, -0.05) is 18.3 Å². The fraction of sp³-hybridized carbons (Fsp3) is 0.429. The summed E-state index contributed by atoms with van der Waals surface area (Å²) in [7, 11) is 0. The summed E-state index contributed by atoms with van der Waals surface area (Å²) in [4.78, 5) is 0. The van der Waals surface area contributed by atoms with Gasteiger partial charge in [-0.25, -0.2) is 0 Å². The van der Waals surface area contributed by atoms with Crippen LogP contribution in [0.4, 0.5) is 0 Å². The molecule has 1 nitrogen and oxygen atoms in total. The molecule has 0 saturated carbocycles. The first-order valence-corrected chi connectivity index (χ1v) is 5.04. The maximum absolute atomic E-state index is 8.96. The zero-order chi connectivity index (χ0) is 7.40. The molecule has 0 saturated heterocycles. The average molecular weight is 174 g/mol. The molecule has 1 aromatic heterocycles. The lowest BCUT2D eigenvalue weighted by atomic mass is 10.6. The molecule has 56 valence electrons. The first kappa shape index (κ1) is 7.95. The minimum atomic E-state index is 0.415. The van der Waals surface area contributed by atoms with Crippen LogP contribution in [0.5, 0.6) is 5.06 Å². The minimum absolute atomic E-state index is 0.415. The number of aromatic hydroxyl groups is 1. The van der Waals surface area contributed by atoms with Crippen LogP contribution in [0.15, 0.2) is 16.3 Å². The smallest absolute Gasteiger partial charge is 0.172 e. The van der Waals surface area contributed by atoms with E-state index in [2.05, 4.69) is 6.92 Å². The molecule has 0 unspecified atom stereocenters. The molecule has 0 bridgehead atoms. The van der Waals surface area contributed by atoms with E-state index >= 15 is 0 Å². The Morgan fingerprint density at radius 1 is 1.60 bits per heavy atom. The second kappa shape index (κ2) is 3.88. The summed E-state index contributed by atoms with van der Waals surface area (Å²) in [6.07, 6.45) is 1.18. The maximum atomic E-state index is 8.96. The molecule has 3 heteroatoms. The van der Waals surface area contributed by atoms with Crippen molar-refractivity contribution in [2.24, 2.45) is 0 Å². The van der Waals surface area contributed by atoms with Crippen molar-refractivity contribution < 1.29 is 5.11 Å². The van der Waals surface area contributed by atoms with Gasteiger partial charge in [0.05, 0.1) is 4.21 Å². The Kier molecular flexibility index (Phi) is 3.09. The molecule has 0 amide bonds. The van der Waals surface area contributed by atoms with Gasteiger partial charge < -0.3 is 5.11 Å². The van der Waals surface area contributed by atoms with Crippen LogP contribution in [0.3, 0.4) is 0 Å². The zero-order valence-corrected chi connectivity index (χ0v) is 7.47. The van der Waals surface area contributed by atoms with E-state index in [0.717, 1.165) is 5.75 Å². The molecule has 0 fully saturated rings. The summed E-state index contributed by atoms with van der Waals surface area (Å²) < 4.78 is 1.21. The third-order valence-electron chi connectivity index (χ3n) is 1.02. The number of hydrogen-bond donors (Lipinski definition) is 1. The van der Waals surface area contributed by atoms with Crippen molar-refractivity contribution in [3.63, 3.8) is 0 Å². The summed E-state index contributed by atoms with van der Waals surface area (Å²) in [6, 6.07) is 3.70. The highest BCUT2D eigenvalue weighted by atomic mass is 32.2. The quantitative estimate of drug-likeness (QED) is 0.711. The van der Waals surface area contributed by atoms with Crippen molar-refractivity contribution in [2.75, 3.05) is 5.75 Å². The van der Waals surface area contributed by atoms with E-state index in [4.69, 9.17) is 5.11 Å². The Bertz CT molecular complexity index is 195. The molecule has 1 aromatic rings. The zero-order valence-electron chi connectivity index (χ0n) is 5.83. The van der Waals surface area contributed by atoms with Crippen LogP contribution in [0.1, 0.15) is 13.3 Å². The van der Waals surface area contributed by atoms with E-state index in [1.165, 1.54) is 22.0 Å². The summed E-state index contributed by atoms with van der Waals surface area (Å²) in [5, 5.41) is 9.37. The van der Waals surface area contributed by atoms with Gasteiger partial charge in [-0.15, -0.1) is 11.8 Å². The molecule has 1 N–H and O–H groups in total. The molecule has 0 radical (unpaired) electrons. The maximum Gasteiger partial charge on any atom is 0.172 e. The van der Waals surface area contributed by atoms with E-state index < -0.39 is 0 Å². The number of thiophene rings is 1. The normalized spacial score (nSPS) is 10.1. The molecule has 10 heavy (non-hydrogen) atoms. The van der Waals surface area contributed by atoms with E-state index in [0.29, 0.717) is 5.06 Å². The van der Waals surface area contributed by atoms with Crippen molar-refractivity contribution >= 4 is 23.1 Å². The Labute approximate surface area is 69.1 Å². The second-order valence-corrected chi connectivity index (χ2v) is 4.40. The third kappa shape index (κ3) is 2.23. The summed E-state index contributed by atoms with van der Waals surface area (Å²) >= 11 is 3.25. The third-order valence-corrected chi connectivity index (χ3v) is 3.33. The van der Waals surface area contributed by atoms with E-state index in [1.807, 2.05) is 6.07 Å². The standard InChI is InChI=1S/C7H10OS2/c1-2-5-9-7-4-3-6(8)10-7/h3-4,8H,2,5H2,1H3. The summed E-state index contributed by atoms with van der Waals surface area (Å²) in [5.74, 6) is 1.14. The Hall–Kier alpha value is -0.150. The highest BCUT2D eigenvalue weighted by Crippen LogP contribution is 2.31. The molecule has 0 aliphatic heterocycles. The van der Waals surface area contributed by atoms with Gasteiger partial charge in [-0.3, -0.25) is 0 Å². The van der Waals surface area contributed by atoms with Crippen molar-refractivity contribution in [2.45, 2.75) is 17.6 Å². The van der Waals surface area contributed by atoms with Crippen LogP contribution in [0.25, 0.3) is 0 Å². The molecule has 1 heterocycles. The van der Waals surface area contributed by atoms with E-state index in [1.54, 1.807) is 17.8 Å². The van der Waals surface area contributed by atoms with Crippen molar-refractivity contribution in [3.8, 4) is 5.06 Å². The van der Waals surface area contributed by atoms with E-state index in [9.17, 15) is 0 Å². The summed E-state index contributed by atoms with van der Waals surface area (Å²) in [5.41, 5.74) is 0. The highest BCUT2D eigenvalue weighted by Gasteiger charge is 1.96. The van der Waals surface area contributed by atoms with Crippen LogP contribution in [0.2, 0.25) is 0 Å².